The molecule has 30 heavy (non-hydrogen) atoms. The molecule has 0 saturated carbocycles. The summed E-state index contributed by atoms with van der Waals surface area (Å²) in [5.74, 6) is -1.04. The van der Waals surface area contributed by atoms with E-state index in [9.17, 15) is 25.1 Å². The van der Waals surface area contributed by atoms with E-state index in [0.29, 0.717) is 0 Å². The molecule has 10 nitrogen and oxygen atoms in total. The molecule has 1 fully saturated rings. The van der Waals surface area contributed by atoms with Gasteiger partial charge in [0, 0.05) is 6.20 Å². The third-order valence-corrected chi connectivity index (χ3v) is 4.82. The van der Waals surface area contributed by atoms with Gasteiger partial charge in [0.15, 0.2) is 6.23 Å². The van der Waals surface area contributed by atoms with E-state index in [4.69, 9.17) is 9.47 Å². The largest absolute Gasteiger partial charge is 0.449 e. The van der Waals surface area contributed by atoms with Crippen molar-refractivity contribution < 1.29 is 24.5 Å². The number of allylic oxidation sites excluding steroid dienone is 1. The predicted molar refractivity (Wildman–Crippen MR) is 107 cm³/mol. The fourth-order valence-electron chi connectivity index (χ4n) is 3.18. The van der Waals surface area contributed by atoms with Crippen molar-refractivity contribution >= 4 is 11.9 Å². The van der Waals surface area contributed by atoms with E-state index in [-0.39, 0.29) is 12.4 Å². The van der Waals surface area contributed by atoms with Crippen LogP contribution in [0.2, 0.25) is 0 Å². The Labute approximate surface area is 174 Å². The Kier molecular flexibility index (Phi) is 9.47. The van der Waals surface area contributed by atoms with Crippen LogP contribution in [0.4, 0.5) is 10.6 Å². The Morgan fingerprint density at radius 3 is 2.80 bits per heavy atom. The quantitative estimate of drug-likeness (QED) is 0.362. The molecule has 1 amide bonds. The average Bonchev–Trinajstić information content (AvgIpc) is 3.05. The van der Waals surface area contributed by atoms with E-state index in [1.807, 2.05) is 12.1 Å². The highest BCUT2D eigenvalue weighted by Crippen LogP contribution is 2.33. The number of ether oxygens (including phenoxy) is 2. The normalized spacial score (nSPS) is 23.0. The number of amides is 1. The molecule has 0 aliphatic carbocycles. The minimum atomic E-state index is -1.23. The Balaban J connectivity index is 1.83. The Hall–Kier alpha value is -2.74. The molecule has 1 aromatic heterocycles. The molecule has 1 aliphatic heterocycles. The van der Waals surface area contributed by atoms with Crippen molar-refractivity contribution in [2.24, 2.45) is 5.92 Å². The molecular weight excluding hydrogens is 392 g/mol. The number of hydrogen-bond donors (Lipinski definition) is 3. The zero-order valence-corrected chi connectivity index (χ0v) is 16.8. The first-order valence-electron chi connectivity index (χ1n) is 9.99. The van der Waals surface area contributed by atoms with Crippen molar-refractivity contribution in [2.75, 3.05) is 18.5 Å². The highest BCUT2D eigenvalue weighted by Gasteiger charge is 2.45. The summed E-state index contributed by atoms with van der Waals surface area (Å²) < 4.78 is 11.5. The fraction of sp³-hybridized carbons (Fsp3) is 0.600. The first-order valence-corrected chi connectivity index (χ1v) is 9.99. The summed E-state index contributed by atoms with van der Waals surface area (Å²) in [4.78, 5) is 27.9. The molecule has 0 radical (unpaired) electrons. The number of nitrogens with zero attached hydrogens (tertiary/aromatic N) is 3. The van der Waals surface area contributed by atoms with Gasteiger partial charge in [-0.15, -0.1) is 6.58 Å². The number of rotatable bonds is 11. The summed E-state index contributed by atoms with van der Waals surface area (Å²) in [6.07, 6.45) is 5.22. The van der Waals surface area contributed by atoms with E-state index in [2.05, 4.69) is 16.9 Å². The van der Waals surface area contributed by atoms with Crippen molar-refractivity contribution in [3.8, 4) is 6.07 Å². The lowest BCUT2D eigenvalue weighted by Gasteiger charge is -2.16. The highest BCUT2D eigenvalue weighted by molar-refractivity contribution is 5.83. The van der Waals surface area contributed by atoms with Crippen LogP contribution in [-0.4, -0.2) is 51.3 Å². The van der Waals surface area contributed by atoms with Gasteiger partial charge in [0.05, 0.1) is 19.3 Å². The molecule has 164 valence electrons. The highest BCUT2D eigenvalue weighted by atomic mass is 16.6. The third kappa shape index (κ3) is 6.38. The van der Waals surface area contributed by atoms with Gasteiger partial charge < -0.3 is 19.7 Å². The van der Waals surface area contributed by atoms with Gasteiger partial charge in [0.25, 0.3) is 0 Å². The standard InChI is InChI=1S/C20H28N4O6/c1-2-3-4-5-6-7-8-11-29-20(28)23-16-9-10-24(19(27)22-16)18-14(12-21)17(26)15(13-25)30-18/h2,9-10,14-15,17-18,25-26H,1,3-8,11,13H2,(H,22,23,27,28)/t14-,15+,17-,18?/m0/s1. The lowest BCUT2D eigenvalue weighted by molar-refractivity contribution is -0.0469. The number of aromatic nitrogens is 2. The van der Waals surface area contributed by atoms with E-state index in [1.165, 1.54) is 12.3 Å². The molecule has 10 heteroatoms. The summed E-state index contributed by atoms with van der Waals surface area (Å²) in [5, 5.41) is 30.8. The van der Waals surface area contributed by atoms with Crippen LogP contribution >= 0.6 is 0 Å². The van der Waals surface area contributed by atoms with Crippen molar-refractivity contribution in [3.63, 3.8) is 0 Å². The topological polar surface area (TPSA) is 147 Å². The van der Waals surface area contributed by atoms with Crippen LogP contribution in [0.1, 0.15) is 44.8 Å². The minimum absolute atomic E-state index is 0.00330. The maximum Gasteiger partial charge on any atom is 0.412 e. The zero-order chi connectivity index (χ0) is 21.9. The van der Waals surface area contributed by atoms with Gasteiger partial charge in [-0.2, -0.15) is 10.2 Å². The first kappa shape index (κ1) is 23.5. The second kappa shape index (κ2) is 12.1. The van der Waals surface area contributed by atoms with Crippen molar-refractivity contribution in [1.29, 1.82) is 5.26 Å². The summed E-state index contributed by atoms with van der Waals surface area (Å²) in [7, 11) is 0. The van der Waals surface area contributed by atoms with E-state index < -0.39 is 42.7 Å². The van der Waals surface area contributed by atoms with Crippen molar-refractivity contribution in [3.05, 3.63) is 35.4 Å². The van der Waals surface area contributed by atoms with Crippen LogP contribution in [0.5, 0.6) is 0 Å². The molecule has 2 rings (SSSR count). The summed E-state index contributed by atoms with van der Waals surface area (Å²) in [6, 6.07) is 3.24. The van der Waals surface area contributed by atoms with Crippen LogP contribution in [0, 0.1) is 17.2 Å². The predicted octanol–water partition coefficient (Wildman–Crippen LogP) is 1.71. The molecule has 0 aromatic carbocycles. The molecule has 0 bridgehead atoms. The van der Waals surface area contributed by atoms with E-state index >= 15 is 0 Å². The number of carbonyl (C=O) groups is 1. The fourth-order valence-corrected chi connectivity index (χ4v) is 3.18. The van der Waals surface area contributed by atoms with Crippen LogP contribution in [-0.2, 0) is 9.47 Å². The van der Waals surface area contributed by atoms with E-state index in [0.717, 1.165) is 43.1 Å². The number of nitrogens with one attached hydrogen (secondary N) is 1. The molecule has 1 aromatic rings. The summed E-state index contributed by atoms with van der Waals surface area (Å²) in [6.45, 7) is 3.46. The Bertz CT molecular complexity index is 805. The van der Waals surface area contributed by atoms with E-state index in [1.54, 1.807) is 0 Å². The lowest BCUT2D eigenvalue weighted by atomic mass is 10.0. The Morgan fingerprint density at radius 2 is 2.13 bits per heavy atom. The molecule has 1 unspecified atom stereocenters. The van der Waals surface area contributed by atoms with Gasteiger partial charge in [-0.3, -0.25) is 9.88 Å². The van der Waals surface area contributed by atoms with Crippen LogP contribution in [0.25, 0.3) is 0 Å². The summed E-state index contributed by atoms with van der Waals surface area (Å²) in [5.41, 5.74) is -0.775. The summed E-state index contributed by atoms with van der Waals surface area (Å²) >= 11 is 0. The van der Waals surface area contributed by atoms with Crippen molar-refractivity contribution in [1.82, 2.24) is 9.55 Å². The number of hydrogen-bond acceptors (Lipinski definition) is 8. The van der Waals surface area contributed by atoms with Crippen molar-refractivity contribution in [2.45, 2.75) is 57.0 Å². The Morgan fingerprint density at radius 1 is 1.40 bits per heavy atom. The number of aliphatic hydroxyl groups is 2. The monoisotopic (exact) mass is 420 g/mol. The van der Waals surface area contributed by atoms with Gasteiger partial charge in [0.2, 0.25) is 0 Å². The minimum Gasteiger partial charge on any atom is -0.449 e. The number of aliphatic hydroxyl groups excluding tert-OH is 2. The third-order valence-electron chi connectivity index (χ3n) is 4.82. The molecule has 2 heterocycles. The van der Waals surface area contributed by atoms with Crippen LogP contribution in [0.3, 0.4) is 0 Å². The van der Waals surface area contributed by atoms with Crippen LogP contribution < -0.4 is 11.0 Å². The smallest absolute Gasteiger partial charge is 0.412 e. The van der Waals surface area contributed by atoms with Gasteiger partial charge in [-0.05, 0) is 25.3 Å². The maximum atomic E-state index is 12.3. The first-order chi connectivity index (χ1) is 14.5. The molecular formula is C20H28N4O6. The molecule has 1 saturated heterocycles. The molecule has 1 aliphatic rings. The molecule has 3 N–H and O–H groups in total. The molecule has 0 spiro atoms. The SMILES string of the molecule is C=CCCCCCCCOC(=O)Nc1ccn(C2O[C@H](CO)[C@@H](O)[C@@H]2C#N)c(=O)n1. The zero-order valence-electron chi connectivity index (χ0n) is 16.8. The maximum absolute atomic E-state index is 12.3. The van der Waals surface area contributed by atoms with Gasteiger partial charge >= 0.3 is 11.8 Å². The number of carbonyl (C=O) groups excluding carboxylic acids is 1. The average molecular weight is 420 g/mol. The number of anilines is 1. The number of unbranched alkanes of at least 4 members (excludes halogenated alkanes) is 5. The van der Waals surface area contributed by atoms with Gasteiger partial charge in [-0.1, -0.05) is 25.3 Å². The number of nitriles is 1. The second-order valence-corrected chi connectivity index (χ2v) is 7.00. The lowest BCUT2D eigenvalue weighted by Crippen LogP contribution is -2.32. The molecule has 4 atom stereocenters. The van der Waals surface area contributed by atoms with Crippen LogP contribution in [0.15, 0.2) is 29.7 Å². The van der Waals surface area contributed by atoms with Gasteiger partial charge in [0.1, 0.15) is 23.9 Å². The van der Waals surface area contributed by atoms with Gasteiger partial charge in [-0.25, -0.2) is 9.59 Å². The second-order valence-electron chi connectivity index (χ2n) is 7.00.